The fraction of sp³-hybridized carbons (Fsp3) is 0.273. The molecule has 0 atom stereocenters. The average Bonchev–Trinajstić information content (AvgIpc) is 2.36. The van der Waals surface area contributed by atoms with Gasteiger partial charge in [-0.05, 0) is 13.0 Å². The van der Waals surface area contributed by atoms with Crippen molar-refractivity contribution in [2.24, 2.45) is 0 Å². The summed E-state index contributed by atoms with van der Waals surface area (Å²) in [6.07, 6.45) is 0. The van der Waals surface area contributed by atoms with Gasteiger partial charge in [-0.1, -0.05) is 0 Å². The van der Waals surface area contributed by atoms with Crippen molar-refractivity contribution < 1.29 is 23.6 Å². The van der Waals surface area contributed by atoms with Crippen LogP contribution in [0.4, 0.5) is 14.9 Å². The van der Waals surface area contributed by atoms with Gasteiger partial charge in [0.25, 0.3) is 5.91 Å². The van der Waals surface area contributed by atoms with Gasteiger partial charge in [-0.3, -0.25) is 20.2 Å². The van der Waals surface area contributed by atoms with Gasteiger partial charge in [-0.25, -0.2) is 9.18 Å². The molecule has 0 unspecified atom stereocenters. The highest BCUT2D eigenvalue weighted by Gasteiger charge is 2.17. The molecular formula is C11H12FN3O5. The van der Waals surface area contributed by atoms with Crippen molar-refractivity contribution in [3.8, 4) is 5.75 Å². The number of nitrogens with zero attached hydrogens (tertiary/aromatic N) is 1. The van der Waals surface area contributed by atoms with Crippen LogP contribution in [0.15, 0.2) is 18.2 Å². The van der Waals surface area contributed by atoms with Crippen LogP contribution in [0.1, 0.15) is 6.92 Å². The molecule has 0 spiro atoms. The van der Waals surface area contributed by atoms with Gasteiger partial charge < -0.3 is 10.1 Å². The maximum atomic E-state index is 13.0. The first-order valence-electron chi connectivity index (χ1n) is 5.58. The average molecular weight is 285 g/mol. The molecule has 0 aliphatic carbocycles. The number of nitro benzene ring substituents is 1. The number of nitrogens with one attached hydrogen (secondary N) is 2. The number of benzene rings is 1. The largest absolute Gasteiger partial charge is 0.477 e. The van der Waals surface area contributed by atoms with Gasteiger partial charge >= 0.3 is 11.7 Å². The van der Waals surface area contributed by atoms with Crippen molar-refractivity contribution in [3.63, 3.8) is 0 Å². The highest BCUT2D eigenvalue weighted by atomic mass is 19.1. The third-order valence-electron chi connectivity index (χ3n) is 2.07. The Hall–Kier alpha value is -2.71. The number of nitro groups is 1. The van der Waals surface area contributed by atoms with E-state index >= 15 is 0 Å². The van der Waals surface area contributed by atoms with Gasteiger partial charge in [0.15, 0.2) is 6.61 Å². The Morgan fingerprint density at radius 2 is 2.15 bits per heavy atom. The number of hydrogen-bond acceptors (Lipinski definition) is 5. The van der Waals surface area contributed by atoms with Crippen LogP contribution in [0.5, 0.6) is 5.75 Å². The van der Waals surface area contributed by atoms with Crippen LogP contribution in [0.3, 0.4) is 0 Å². The Bertz CT molecular complexity index is 535. The SMILES string of the molecule is CCNC(=O)NC(=O)COc1cc(F)ccc1[N+](=O)[O-]. The van der Waals surface area contributed by atoms with E-state index < -0.39 is 35.0 Å². The molecule has 0 heterocycles. The lowest BCUT2D eigenvalue weighted by atomic mass is 10.3. The molecule has 0 aliphatic rings. The van der Waals surface area contributed by atoms with Crippen molar-refractivity contribution in [3.05, 3.63) is 34.1 Å². The Balaban J connectivity index is 2.65. The van der Waals surface area contributed by atoms with Gasteiger partial charge in [-0.15, -0.1) is 0 Å². The molecule has 20 heavy (non-hydrogen) atoms. The van der Waals surface area contributed by atoms with Crippen LogP contribution in [0, 0.1) is 15.9 Å². The number of rotatable bonds is 5. The zero-order valence-electron chi connectivity index (χ0n) is 10.5. The standard InChI is InChI=1S/C11H12FN3O5/c1-2-13-11(17)14-10(16)6-20-9-5-7(12)3-4-8(9)15(18)19/h3-5H,2,6H2,1H3,(H2,13,14,16,17). The molecule has 1 aromatic carbocycles. The first kappa shape index (κ1) is 15.3. The molecule has 8 nitrogen and oxygen atoms in total. The van der Waals surface area contributed by atoms with E-state index in [1.54, 1.807) is 6.92 Å². The minimum Gasteiger partial charge on any atom is -0.477 e. The maximum Gasteiger partial charge on any atom is 0.321 e. The number of hydrogen-bond donors (Lipinski definition) is 2. The Morgan fingerprint density at radius 3 is 2.75 bits per heavy atom. The number of urea groups is 1. The van der Waals surface area contributed by atoms with Crippen molar-refractivity contribution in [2.45, 2.75) is 6.92 Å². The second-order valence-electron chi connectivity index (χ2n) is 3.57. The number of amides is 3. The van der Waals surface area contributed by atoms with Crippen LogP contribution in [0.2, 0.25) is 0 Å². The van der Waals surface area contributed by atoms with Crippen molar-refractivity contribution >= 4 is 17.6 Å². The van der Waals surface area contributed by atoms with Gasteiger partial charge in [0.2, 0.25) is 5.75 Å². The minimum atomic E-state index is -0.811. The van der Waals surface area contributed by atoms with E-state index in [1.807, 2.05) is 5.32 Å². The summed E-state index contributed by atoms with van der Waals surface area (Å²) < 4.78 is 17.8. The van der Waals surface area contributed by atoms with E-state index in [0.29, 0.717) is 6.54 Å². The van der Waals surface area contributed by atoms with Crippen LogP contribution >= 0.6 is 0 Å². The van der Waals surface area contributed by atoms with Crippen LogP contribution in [-0.2, 0) is 4.79 Å². The van der Waals surface area contributed by atoms with E-state index in [4.69, 9.17) is 4.74 Å². The molecule has 0 saturated carbocycles. The first-order chi connectivity index (χ1) is 9.43. The van der Waals surface area contributed by atoms with E-state index in [2.05, 4.69) is 5.32 Å². The first-order valence-corrected chi connectivity index (χ1v) is 5.58. The number of imide groups is 1. The van der Waals surface area contributed by atoms with Gasteiger partial charge in [0, 0.05) is 18.7 Å². The van der Waals surface area contributed by atoms with E-state index in [1.165, 1.54) is 0 Å². The predicted molar refractivity (Wildman–Crippen MR) is 65.8 cm³/mol. The second-order valence-corrected chi connectivity index (χ2v) is 3.57. The lowest BCUT2D eigenvalue weighted by Gasteiger charge is -2.07. The van der Waals surface area contributed by atoms with Gasteiger partial charge in [-0.2, -0.15) is 0 Å². The molecule has 3 amide bonds. The third-order valence-corrected chi connectivity index (χ3v) is 2.07. The normalized spacial score (nSPS) is 9.70. The number of ether oxygens (including phenoxy) is 1. The number of halogens is 1. The molecule has 0 saturated heterocycles. The van der Waals surface area contributed by atoms with Gasteiger partial charge in [0.05, 0.1) is 4.92 Å². The Kier molecular flexibility index (Phi) is 5.39. The third kappa shape index (κ3) is 4.52. The quantitative estimate of drug-likeness (QED) is 0.618. The topological polar surface area (TPSA) is 111 Å². The lowest BCUT2D eigenvalue weighted by molar-refractivity contribution is -0.385. The summed E-state index contributed by atoms with van der Waals surface area (Å²) in [5.74, 6) is -1.94. The Morgan fingerprint density at radius 1 is 1.45 bits per heavy atom. The molecule has 0 bridgehead atoms. The van der Waals surface area contributed by atoms with Gasteiger partial charge in [0.1, 0.15) is 5.82 Å². The summed E-state index contributed by atoms with van der Waals surface area (Å²) in [5.41, 5.74) is -0.475. The zero-order valence-corrected chi connectivity index (χ0v) is 10.5. The summed E-state index contributed by atoms with van der Waals surface area (Å²) in [5, 5.41) is 14.9. The summed E-state index contributed by atoms with van der Waals surface area (Å²) in [7, 11) is 0. The molecule has 0 aliphatic heterocycles. The lowest BCUT2D eigenvalue weighted by Crippen LogP contribution is -2.41. The molecule has 1 aromatic rings. The second kappa shape index (κ2) is 7.02. The number of carbonyl (C=O) groups excluding carboxylic acids is 2. The molecule has 0 fully saturated rings. The smallest absolute Gasteiger partial charge is 0.321 e. The predicted octanol–water partition coefficient (Wildman–Crippen LogP) is 0.958. The molecule has 0 radical (unpaired) electrons. The van der Waals surface area contributed by atoms with E-state index in [-0.39, 0.29) is 5.75 Å². The summed E-state index contributed by atoms with van der Waals surface area (Å²) >= 11 is 0. The number of carbonyl (C=O) groups is 2. The molecule has 9 heteroatoms. The van der Waals surface area contributed by atoms with Crippen LogP contribution < -0.4 is 15.4 Å². The summed E-state index contributed by atoms with van der Waals surface area (Å²) in [6, 6.07) is 1.90. The molecule has 2 N–H and O–H groups in total. The van der Waals surface area contributed by atoms with E-state index in [9.17, 15) is 24.1 Å². The van der Waals surface area contributed by atoms with E-state index in [0.717, 1.165) is 18.2 Å². The molecule has 0 aromatic heterocycles. The highest BCUT2D eigenvalue weighted by molar-refractivity contribution is 5.95. The molecular weight excluding hydrogens is 273 g/mol. The van der Waals surface area contributed by atoms with Crippen molar-refractivity contribution in [2.75, 3.05) is 13.2 Å². The van der Waals surface area contributed by atoms with Crippen LogP contribution in [0.25, 0.3) is 0 Å². The monoisotopic (exact) mass is 285 g/mol. The summed E-state index contributed by atoms with van der Waals surface area (Å²) in [4.78, 5) is 32.2. The maximum absolute atomic E-state index is 13.0. The van der Waals surface area contributed by atoms with Crippen LogP contribution in [-0.4, -0.2) is 30.0 Å². The Labute approximate surface area is 113 Å². The molecule has 108 valence electrons. The fourth-order valence-electron chi connectivity index (χ4n) is 1.27. The zero-order chi connectivity index (χ0) is 15.1. The summed E-state index contributed by atoms with van der Waals surface area (Å²) in [6.45, 7) is 1.34. The molecule has 1 rings (SSSR count). The van der Waals surface area contributed by atoms with Crippen molar-refractivity contribution in [1.82, 2.24) is 10.6 Å². The van der Waals surface area contributed by atoms with Crippen molar-refractivity contribution in [1.29, 1.82) is 0 Å². The fourth-order valence-corrected chi connectivity index (χ4v) is 1.27. The minimum absolute atomic E-state index is 0.329. The highest BCUT2D eigenvalue weighted by Crippen LogP contribution is 2.27.